The predicted molar refractivity (Wildman–Crippen MR) is 147 cm³/mol. The number of rotatable bonds is 12. The van der Waals surface area contributed by atoms with Gasteiger partial charge in [0.05, 0.1) is 32.3 Å². The van der Waals surface area contributed by atoms with Gasteiger partial charge in [-0.1, -0.05) is 41.4 Å². The van der Waals surface area contributed by atoms with Crippen LogP contribution in [0.3, 0.4) is 0 Å². The number of anilines is 1. The van der Waals surface area contributed by atoms with E-state index in [9.17, 15) is 18.6 Å². The van der Waals surface area contributed by atoms with Gasteiger partial charge in [0.15, 0.2) is 11.5 Å². The van der Waals surface area contributed by atoms with E-state index in [-0.39, 0.29) is 30.4 Å². The summed E-state index contributed by atoms with van der Waals surface area (Å²) in [7, 11) is -0.436. The number of benzene rings is 3. The number of ether oxygens (including phenoxy) is 2. The second kappa shape index (κ2) is 12.7. The van der Waals surface area contributed by atoms with Crippen molar-refractivity contribution in [1.29, 1.82) is 0 Å². The van der Waals surface area contributed by atoms with Crippen molar-refractivity contribution in [3.05, 3.63) is 81.3 Å². The molecule has 0 fully saturated rings. The molecule has 3 rings (SSSR count). The Kier molecular flexibility index (Phi) is 9.92. The number of aromatic hydroxyl groups is 1. The van der Waals surface area contributed by atoms with Crippen LogP contribution < -0.4 is 19.5 Å². The van der Waals surface area contributed by atoms with Gasteiger partial charge < -0.3 is 25.0 Å². The number of hydrogen-bond acceptors (Lipinski definition) is 7. The van der Waals surface area contributed by atoms with Crippen molar-refractivity contribution in [3.8, 4) is 17.2 Å². The minimum Gasteiger partial charge on any atom is -0.506 e. The number of methoxy groups -OCH3 is 2. The fraction of sp³-hybridized carbons (Fsp3) is 0.308. The van der Waals surface area contributed by atoms with Crippen LogP contribution in [0.15, 0.2) is 54.6 Å². The summed E-state index contributed by atoms with van der Waals surface area (Å²) in [6.07, 6.45) is 0.935. The van der Waals surface area contributed by atoms with Crippen LogP contribution in [-0.2, 0) is 22.9 Å². The van der Waals surface area contributed by atoms with Gasteiger partial charge in [0, 0.05) is 22.6 Å². The van der Waals surface area contributed by atoms with E-state index < -0.39 is 16.1 Å². The summed E-state index contributed by atoms with van der Waals surface area (Å²) in [4.78, 5) is 0. The first-order valence-corrected chi connectivity index (χ1v) is 14.0. The van der Waals surface area contributed by atoms with Gasteiger partial charge in [-0.2, -0.15) is 0 Å². The Morgan fingerprint density at radius 3 is 2.32 bits per heavy atom. The first kappa shape index (κ1) is 28.9. The summed E-state index contributed by atoms with van der Waals surface area (Å²) in [5.74, 6) is 0.972. The Hall–Kier alpha value is -2.69. The molecule has 0 amide bonds. The molecule has 0 saturated carbocycles. The Balaban J connectivity index is 1.79. The molecule has 37 heavy (non-hydrogen) atoms. The highest BCUT2D eigenvalue weighted by atomic mass is 35.5. The van der Waals surface area contributed by atoms with Crippen molar-refractivity contribution in [2.45, 2.75) is 25.0 Å². The van der Waals surface area contributed by atoms with Crippen molar-refractivity contribution >= 4 is 38.9 Å². The van der Waals surface area contributed by atoms with Crippen molar-refractivity contribution in [1.82, 2.24) is 5.32 Å². The molecular weight excluding hydrogens is 539 g/mol. The van der Waals surface area contributed by atoms with E-state index in [1.54, 1.807) is 32.4 Å². The molecule has 0 saturated heterocycles. The van der Waals surface area contributed by atoms with Gasteiger partial charge in [-0.3, -0.25) is 4.72 Å². The molecule has 0 bridgehead atoms. The van der Waals surface area contributed by atoms with Crippen LogP contribution in [0.2, 0.25) is 10.0 Å². The van der Waals surface area contributed by atoms with Crippen molar-refractivity contribution in [2.75, 3.05) is 31.7 Å². The standard InChI is InChI=1S/C26H30Cl2N2O6S/c1-35-25-9-6-18(13-26(25)36-2)22(12-17-5-7-19(27)14-21(17)28)29-15-20(31)10-16-4-8-24(32)23(11-16)30-37(3,33)34/h4-9,11,13-14,20,22,29-32H,10,12,15H2,1-3H3/t20-,22+/m0/s1. The Morgan fingerprint density at radius 2 is 1.68 bits per heavy atom. The van der Waals surface area contributed by atoms with Gasteiger partial charge in [-0.05, 0) is 65.9 Å². The van der Waals surface area contributed by atoms with Crippen molar-refractivity contribution in [3.63, 3.8) is 0 Å². The molecule has 0 aliphatic rings. The van der Waals surface area contributed by atoms with Crippen LogP contribution in [0.25, 0.3) is 0 Å². The third kappa shape index (κ3) is 8.41. The second-order valence-electron chi connectivity index (χ2n) is 8.60. The van der Waals surface area contributed by atoms with E-state index in [2.05, 4.69) is 10.0 Å². The first-order chi connectivity index (χ1) is 17.5. The van der Waals surface area contributed by atoms with Crippen LogP contribution in [0.1, 0.15) is 22.7 Å². The van der Waals surface area contributed by atoms with Gasteiger partial charge in [0.2, 0.25) is 10.0 Å². The van der Waals surface area contributed by atoms with E-state index in [1.807, 2.05) is 24.3 Å². The molecule has 0 radical (unpaired) electrons. The highest BCUT2D eigenvalue weighted by Gasteiger charge is 2.19. The summed E-state index contributed by atoms with van der Waals surface area (Å²) >= 11 is 12.5. The number of phenolic OH excluding ortho intramolecular Hbond substituents is 1. The molecule has 3 aromatic carbocycles. The summed E-state index contributed by atoms with van der Waals surface area (Å²) < 4.78 is 36.2. The lowest BCUT2D eigenvalue weighted by molar-refractivity contribution is 0.167. The molecule has 3 aromatic rings. The Bertz CT molecular complexity index is 1340. The van der Waals surface area contributed by atoms with E-state index in [4.69, 9.17) is 32.7 Å². The number of sulfonamides is 1. The lowest BCUT2D eigenvalue weighted by Crippen LogP contribution is -2.32. The molecular formula is C26H30Cl2N2O6S. The molecule has 0 heterocycles. The van der Waals surface area contributed by atoms with Gasteiger partial charge in [-0.25, -0.2) is 8.42 Å². The Morgan fingerprint density at radius 1 is 0.946 bits per heavy atom. The van der Waals surface area contributed by atoms with E-state index in [1.165, 1.54) is 12.1 Å². The lowest BCUT2D eigenvalue weighted by Gasteiger charge is -2.23. The zero-order chi connectivity index (χ0) is 27.2. The molecule has 4 N–H and O–H groups in total. The van der Waals surface area contributed by atoms with Gasteiger partial charge >= 0.3 is 0 Å². The molecule has 11 heteroatoms. The first-order valence-electron chi connectivity index (χ1n) is 11.4. The van der Waals surface area contributed by atoms with E-state index >= 15 is 0 Å². The normalized spacial score (nSPS) is 13.1. The van der Waals surface area contributed by atoms with Crippen molar-refractivity contribution in [2.24, 2.45) is 0 Å². The quantitative estimate of drug-likeness (QED) is 0.236. The average molecular weight is 570 g/mol. The van der Waals surface area contributed by atoms with Crippen molar-refractivity contribution < 1.29 is 28.1 Å². The zero-order valence-corrected chi connectivity index (χ0v) is 23.0. The maximum absolute atomic E-state index is 11.6. The van der Waals surface area contributed by atoms with Crippen LogP contribution in [0, 0.1) is 0 Å². The molecule has 0 spiro atoms. The summed E-state index contributed by atoms with van der Waals surface area (Å²) in [5, 5.41) is 25.2. The van der Waals surface area contributed by atoms with Gasteiger partial charge in [0.25, 0.3) is 0 Å². The lowest BCUT2D eigenvalue weighted by atomic mass is 9.97. The third-order valence-electron chi connectivity index (χ3n) is 5.68. The van der Waals surface area contributed by atoms with E-state index in [0.29, 0.717) is 33.5 Å². The maximum Gasteiger partial charge on any atom is 0.229 e. The highest BCUT2D eigenvalue weighted by molar-refractivity contribution is 7.92. The number of hydrogen-bond donors (Lipinski definition) is 4. The summed E-state index contributed by atoms with van der Waals surface area (Å²) in [6, 6.07) is 15.2. The Labute approximate surface area is 227 Å². The average Bonchev–Trinajstić information content (AvgIpc) is 2.83. The number of halogens is 2. The highest BCUT2D eigenvalue weighted by Crippen LogP contribution is 2.33. The maximum atomic E-state index is 11.6. The smallest absolute Gasteiger partial charge is 0.229 e. The minimum absolute atomic E-state index is 0.0562. The minimum atomic E-state index is -3.57. The van der Waals surface area contributed by atoms with Crippen LogP contribution in [0.4, 0.5) is 5.69 Å². The SMILES string of the molecule is COc1ccc([C@@H](Cc2ccc(Cl)cc2Cl)NC[C@@H](O)Cc2ccc(O)c(NS(C)(=O)=O)c2)cc1OC. The molecule has 200 valence electrons. The van der Waals surface area contributed by atoms with Gasteiger partial charge in [-0.15, -0.1) is 0 Å². The fourth-order valence-electron chi connectivity index (χ4n) is 3.90. The fourth-order valence-corrected chi connectivity index (χ4v) is 4.95. The second-order valence-corrected chi connectivity index (χ2v) is 11.2. The van der Waals surface area contributed by atoms with E-state index in [0.717, 1.165) is 17.4 Å². The van der Waals surface area contributed by atoms with Crippen LogP contribution in [-0.4, -0.2) is 51.8 Å². The number of phenols is 1. The molecule has 8 nitrogen and oxygen atoms in total. The number of nitrogens with one attached hydrogen (secondary N) is 2. The zero-order valence-electron chi connectivity index (χ0n) is 20.7. The van der Waals surface area contributed by atoms with Crippen LogP contribution in [0.5, 0.6) is 17.2 Å². The largest absolute Gasteiger partial charge is 0.506 e. The molecule has 2 atom stereocenters. The molecule has 0 unspecified atom stereocenters. The molecule has 0 aliphatic heterocycles. The number of aliphatic hydroxyl groups is 1. The third-order valence-corrected chi connectivity index (χ3v) is 6.85. The monoisotopic (exact) mass is 568 g/mol. The van der Waals surface area contributed by atoms with Gasteiger partial charge in [0.1, 0.15) is 5.75 Å². The summed E-state index contributed by atoms with van der Waals surface area (Å²) in [6.45, 7) is 0.222. The predicted octanol–water partition coefficient (Wildman–Crippen LogP) is 4.56. The summed E-state index contributed by atoms with van der Waals surface area (Å²) in [5.41, 5.74) is 2.49. The number of aliphatic hydroxyl groups excluding tert-OH is 1. The van der Waals surface area contributed by atoms with Crippen LogP contribution >= 0.6 is 23.2 Å². The molecule has 0 aromatic heterocycles. The molecule has 0 aliphatic carbocycles. The topological polar surface area (TPSA) is 117 Å².